The fourth-order valence-electron chi connectivity index (χ4n) is 8.88. The number of hydrogen-bond donors (Lipinski definition) is 4. The summed E-state index contributed by atoms with van der Waals surface area (Å²) in [5, 5.41) is 33.3. The lowest BCUT2D eigenvalue weighted by atomic mass is 9.56. The molecule has 0 bridgehead atoms. The predicted molar refractivity (Wildman–Crippen MR) is 125 cm³/mol. The average molecular weight is 467 g/mol. The first kappa shape index (κ1) is 24.4. The van der Waals surface area contributed by atoms with Crippen LogP contribution in [0.15, 0.2) is 0 Å². The summed E-state index contributed by atoms with van der Waals surface area (Å²) in [5.41, 5.74) is 4.39. The molecule has 33 heavy (non-hydrogen) atoms. The maximum Gasteiger partial charge on any atom is 0.183 e. The topological polar surface area (TPSA) is 108 Å². The SMILES string of the molecule is CCC1C2CC(OCCCN)CCC2CC2C1CN1C(O)C3COC(O)C(O)(CC)C3CC21. The van der Waals surface area contributed by atoms with Gasteiger partial charge >= 0.3 is 0 Å². The number of hydrogen-bond acceptors (Lipinski definition) is 7. The minimum atomic E-state index is -1.27. The molecule has 3 heterocycles. The minimum Gasteiger partial charge on any atom is -0.384 e. The molecule has 0 aromatic carbocycles. The Hall–Kier alpha value is -0.280. The Balaban J connectivity index is 1.35. The Bertz CT molecular complexity index is 681. The average Bonchev–Trinajstić information content (AvgIpc) is 3.19. The highest BCUT2D eigenvalue weighted by atomic mass is 16.6. The molecule has 12 atom stereocenters. The summed E-state index contributed by atoms with van der Waals surface area (Å²) in [4.78, 5) is 2.35. The lowest BCUT2D eigenvalue weighted by molar-refractivity contribution is -0.308. The molecule has 190 valence electrons. The zero-order valence-electron chi connectivity index (χ0n) is 20.5. The second-order valence-corrected chi connectivity index (χ2v) is 11.7. The van der Waals surface area contributed by atoms with Crippen molar-refractivity contribution in [1.82, 2.24) is 4.90 Å². The summed E-state index contributed by atoms with van der Waals surface area (Å²) >= 11 is 0. The van der Waals surface area contributed by atoms with Crippen LogP contribution < -0.4 is 5.73 Å². The third kappa shape index (κ3) is 4.00. The molecule has 7 heteroatoms. The van der Waals surface area contributed by atoms with Gasteiger partial charge in [-0.15, -0.1) is 0 Å². The van der Waals surface area contributed by atoms with E-state index in [4.69, 9.17) is 15.2 Å². The second kappa shape index (κ2) is 9.64. The van der Waals surface area contributed by atoms with Crippen LogP contribution in [-0.4, -0.2) is 76.8 Å². The molecule has 7 nitrogen and oxygen atoms in total. The Morgan fingerprint density at radius 3 is 2.61 bits per heavy atom. The van der Waals surface area contributed by atoms with Gasteiger partial charge in [0.2, 0.25) is 0 Å². The molecule has 5 rings (SSSR count). The van der Waals surface area contributed by atoms with Crippen molar-refractivity contribution in [3.63, 3.8) is 0 Å². The van der Waals surface area contributed by atoms with Crippen molar-refractivity contribution in [2.45, 2.75) is 95.5 Å². The van der Waals surface area contributed by atoms with E-state index < -0.39 is 18.1 Å². The number of ether oxygens (including phenoxy) is 2. The van der Waals surface area contributed by atoms with Gasteiger partial charge in [0.1, 0.15) is 11.8 Å². The van der Waals surface area contributed by atoms with Gasteiger partial charge in [-0.1, -0.05) is 20.3 Å². The van der Waals surface area contributed by atoms with Gasteiger partial charge in [-0.3, -0.25) is 4.90 Å². The van der Waals surface area contributed by atoms with E-state index in [1.807, 2.05) is 6.92 Å². The summed E-state index contributed by atoms with van der Waals surface area (Å²) in [7, 11) is 0. The first-order valence-corrected chi connectivity index (χ1v) is 13.7. The Morgan fingerprint density at radius 2 is 1.88 bits per heavy atom. The Labute approximate surface area is 199 Å². The highest BCUT2D eigenvalue weighted by Crippen LogP contribution is 2.58. The molecular weight excluding hydrogens is 420 g/mol. The number of nitrogens with zero attached hydrogens (tertiary/aromatic N) is 1. The van der Waals surface area contributed by atoms with Gasteiger partial charge in [-0.2, -0.15) is 0 Å². The van der Waals surface area contributed by atoms with Crippen molar-refractivity contribution in [3.05, 3.63) is 0 Å². The van der Waals surface area contributed by atoms with Crippen molar-refractivity contribution < 1.29 is 24.8 Å². The maximum absolute atomic E-state index is 11.4. The van der Waals surface area contributed by atoms with Crippen LogP contribution in [0.2, 0.25) is 0 Å². The van der Waals surface area contributed by atoms with Crippen molar-refractivity contribution >= 4 is 0 Å². The number of rotatable bonds is 6. The highest BCUT2D eigenvalue weighted by Gasteiger charge is 2.62. The van der Waals surface area contributed by atoms with Crippen molar-refractivity contribution in [3.8, 4) is 0 Å². The van der Waals surface area contributed by atoms with Gasteiger partial charge in [0.15, 0.2) is 6.29 Å². The number of fused-ring (bicyclic) bond motifs is 5. The molecule has 2 aliphatic carbocycles. The van der Waals surface area contributed by atoms with E-state index in [2.05, 4.69) is 11.8 Å². The molecule has 3 aliphatic heterocycles. The van der Waals surface area contributed by atoms with E-state index in [0.717, 1.165) is 38.3 Å². The minimum absolute atomic E-state index is 0.120. The quantitative estimate of drug-likeness (QED) is 0.443. The zero-order chi connectivity index (χ0) is 23.3. The normalized spacial score (nSPS) is 52.0. The first-order valence-electron chi connectivity index (χ1n) is 13.7. The van der Waals surface area contributed by atoms with E-state index in [1.165, 1.54) is 25.7 Å². The van der Waals surface area contributed by atoms with Crippen LogP contribution in [0.4, 0.5) is 0 Å². The van der Waals surface area contributed by atoms with Crippen LogP contribution in [-0.2, 0) is 9.47 Å². The fraction of sp³-hybridized carbons (Fsp3) is 1.00. The van der Waals surface area contributed by atoms with Gasteiger partial charge in [-0.25, -0.2) is 0 Å². The Morgan fingerprint density at radius 1 is 1.06 bits per heavy atom. The van der Waals surface area contributed by atoms with Crippen molar-refractivity contribution in [2.75, 3.05) is 26.3 Å². The Kier molecular flexibility index (Phi) is 7.13. The lowest BCUT2D eigenvalue weighted by Gasteiger charge is -2.55. The van der Waals surface area contributed by atoms with Gasteiger partial charge < -0.3 is 30.5 Å². The molecule has 0 amide bonds. The zero-order valence-corrected chi connectivity index (χ0v) is 20.5. The van der Waals surface area contributed by atoms with Crippen molar-refractivity contribution in [2.24, 2.45) is 47.2 Å². The molecule has 0 aromatic heterocycles. The molecular formula is C26H46N2O5. The summed E-state index contributed by atoms with van der Waals surface area (Å²) in [5.74, 6) is 3.03. The highest BCUT2D eigenvalue weighted by molar-refractivity contribution is 5.10. The second-order valence-electron chi connectivity index (χ2n) is 11.7. The monoisotopic (exact) mass is 466 g/mol. The maximum atomic E-state index is 11.4. The van der Waals surface area contributed by atoms with E-state index in [1.54, 1.807) is 0 Å². The van der Waals surface area contributed by atoms with Gasteiger partial charge in [-0.05, 0) is 81.1 Å². The molecule has 2 saturated carbocycles. The molecule has 0 aromatic rings. The molecule has 5 fully saturated rings. The van der Waals surface area contributed by atoms with E-state index in [9.17, 15) is 15.3 Å². The number of piperidine rings is 1. The first-order chi connectivity index (χ1) is 15.9. The molecule has 0 radical (unpaired) electrons. The molecule has 3 saturated heterocycles. The van der Waals surface area contributed by atoms with Crippen LogP contribution in [0.5, 0.6) is 0 Å². The van der Waals surface area contributed by atoms with Crippen LogP contribution in [0.25, 0.3) is 0 Å². The van der Waals surface area contributed by atoms with Gasteiger partial charge in [0.05, 0.1) is 12.7 Å². The molecule has 5 N–H and O–H groups in total. The predicted octanol–water partition coefficient (Wildman–Crippen LogP) is 1.93. The number of nitrogens with two attached hydrogens (primary N) is 1. The molecule has 12 unspecified atom stereocenters. The summed E-state index contributed by atoms with van der Waals surface area (Å²) in [6.45, 7) is 7.00. The largest absolute Gasteiger partial charge is 0.384 e. The van der Waals surface area contributed by atoms with E-state index in [0.29, 0.717) is 55.4 Å². The molecule has 5 aliphatic rings. The summed E-state index contributed by atoms with van der Waals surface area (Å²) < 4.78 is 11.8. The van der Waals surface area contributed by atoms with Crippen LogP contribution in [0.1, 0.15) is 65.2 Å². The van der Waals surface area contributed by atoms with E-state index >= 15 is 0 Å². The third-order valence-corrected chi connectivity index (χ3v) is 10.6. The van der Waals surface area contributed by atoms with E-state index in [-0.39, 0.29) is 11.8 Å². The van der Waals surface area contributed by atoms with Crippen LogP contribution in [0.3, 0.4) is 0 Å². The molecule has 0 spiro atoms. The fourth-order valence-corrected chi connectivity index (χ4v) is 8.88. The third-order valence-electron chi connectivity index (χ3n) is 10.6. The summed E-state index contributed by atoms with van der Waals surface area (Å²) in [6, 6.07) is 0.295. The summed E-state index contributed by atoms with van der Waals surface area (Å²) in [6.07, 6.45) is 6.83. The van der Waals surface area contributed by atoms with Gasteiger partial charge in [0, 0.05) is 31.0 Å². The van der Waals surface area contributed by atoms with Crippen molar-refractivity contribution in [1.29, 1.82) is 0 Å². The standard InChI is InChI=1S/C26H46N2O5/c1-3-17-18-11-16(32-9-5-8-27)7-6-15(18)10-19-20(17)13-28-23(19)12-22-21(24(28)29)14-33-25(30)26(22,31)4-2/h15-25,29-31H,3-14,27H2,1-2H3. The lowest BCUT2D eigenvalue weighted by Crippen LogP contribution is -2.66. The smallest absolute Gasteiger partial charge is 0.183 e. The van der Waals surface area contributed by atoms with Crippen LogP contribution >= 0.6 is 0 Å². The number of aliphatic hydroxyl groups is 3. The van der Waals surface area contributed by atoms with Gasteiger partial charge in [0.25, 0.3) is 0 Å². The number of aliphatic hydroxyl groups excluding tert-OH is 2. The van der Waals surface area contributed by atoms with Crippen LogP contribution in [0, 0.1) is 41.4 Å².